The Morgan fingerprint density at radius 1 is 1.29 bits per heavy atom. The Hall–Kier alpha value is -2.41. The smallest absolute Gasteiger partial charge is 0.255 e. The van der Waals surface area contributed by atoms with Crippen molar-refractivity contribution in [2.24, 2.45) is 0 Å². The minimum atomic E-state index is -0.151. The Bertz CT molecular complexity index is 653. The minimum Gasteiger partial charge on any atom is -0.485 e. The summed E-state index contributed by atoms with van der Waals surface area (Å²) < 4.78 is 10.6. The predicted molar refractivity (Wildman–Crippen MR) is 89.9 cm³/mol. The van der Waals surface area contributed by atoms with Gasteiger partial charge >= 0.3 is 0 Å². The summed E-state index contributed by atoms with van der Waals surface area (Å²) in [6.45, 7) is 9.44. The highest BCUT2D eigenvalue weighted by molar-refractivity contribution is 5.96. The zero-order valence-corrected chi connectivity index (χ0v) is 14.4. The number of aryl methyl sites for hydroxylation is 1. The third-order valence-electron chi connectivity index (χ3n) is 3.67. The monoisotopic (exact) mass is 332 g/mol. The predicted octanol–water partition coefficient (Wildman–Crippen LogP) is 2.03. The summed E-state index contributed by atoms with van der Waals surface area (Å²) in [6, 6.07) is 7.13. The molecule has 0 aliphatic carbocycles. The SMILES string of the molecule is CCN(CC)CCNC(=O)c1ccccc1OCc1noc(C)n1. The molecule has 0 aliphatic rings. The van der Waals surface area contributed by atoms with E-state index in [1.807, 2.05) is 12.1 Å². The van der Waals surface area contributed by atoms with Gasteiger partial charge in [0.1, 0.15) is 5.75 Å². The van der Waals surface area contributed by atoms with E-state index in [0.717, 1.165) is 19.6 Å². The van der Waals surface area contributed by atoms with Gasteiger partial charge in [-0.3, -0.25) is 4.79 Å². The maximum Gasteiger partial charge on any atom is 0.255 e. The third kappa shape index (κ3) is 5.06. The van der Waals surface area contributed by atoms with E-state index in [1.54, 1.807) is 19.1 Å². The summed E-state index contributed by atoms with van der Waals surface area (Å²) >= 11 is 0. The van der Waals surface area contributed by atoms with Gasteiger partial charge in [0.2, 0.25) is 11.7 Å². The maximum absolute atomic E-state index is 12.4. The molecule has 2 rings (SSSR count). The molecule has 130 valence electrons. The van der Waals surface area contributed by atoms with Crippen LogP contribution in [0.25, 0.3) is 0 Å². The van der Waals surface area contributed by atoms with Crippen molar-refractivity contribution < 1.29 is 14.1 Å². The fourth-order valence-electron chi connectivity index (χ4n) is 2.28. The summed E-state index contributed by atoms with van der Waals surface area (Å²) in [5.41, 5.74) is 0.497. The van der Waals surface area contributed by atoms with E-state index in [9.17, 15) is 4.79 Å². The van der Waals surface area contributed by atoms with E-state index in [0.29, 0.717) is 29.6 Å². The molecule has 0 fully saturated rings. The molecule has 7 heteroatoms. The van der Waals surface area contributed by atoms with E-state index >= 15 is 0 Å². The van der Waals surface area contributed by atoms with Crippen molar-refractivity contribution in [1.82, 2.24) is 20.4 Å². The number of benzene rings is 1. The molecule has 7 nitrogen and oxygen atoms in total. The number of hydrogen-bond acceptors (Lipinski definition) is 6. The molecule has 1 aromatic carbocycles. The van der Waals surface area contributed by atoms with Crippen molar-refractivity contribution in [1.29, 1.82) is 0 Å². The number of hydrogen-bond donors (Lipinski definition) is 1. The summed E-state index contributed by atoms with van der Waals surface area (Å²) in [7, 11) is 0. The van der Waals surface area contributed by atoms with Crippen LogP contribution in [0.2, 0.25) is 0 Å². The van der Waals surface area contributed by atoms with Crippen LogP contribution in [0.15, 0.2) is 28.8 Å². The second-order valence-corrected chi connectivity index (χ2v) is 5.30. The highest BCUT2D eigenvalue weighted by Gasteiger charge is 2.13. The Balaban J connectivity index is 1.93. The van der Waals surface area contributed by atoms with Gasteiger partial charge in [0, 0.05) is 20.0 Å². The lowest BCUT2D eigenvalue weighted by molar-refractivity contribution is 0.0944. The van der Waals surface area contributed by atoms with Gasteiger partial charge in [-0.1, -0.05) is 31.1 Å². The molecule has 1 amide bonds. The second kappa shape index (κ2) is 9.02. The molecular formula is C17H24N4O3. The summed E-state index contributed by atoms with van der Waals surface area (Å²) in [4.78, 5) is 18.7. The molecule has 2 aromatic rings. The quantitative estimate of drug-likeness (QED) is 0.757. The Morgan fingerprint density at radius 3 is 2.71 bits per heavy atom. The van der Waals surface area contributed by atoms with Gasteiger partial charge in [0.15, 0.2) is 6.61 Å². The van der Waals surface area contributed by atoms with Crippen molar-refractivity contribution in [3.05, 3.63) is 41.5 Å². The van der Waals surface area contributed by atoms with Crippen LogP contribution >= 0.6 is 0 Å². The first-order valence-corrected chi connectivity index (χ1v) is 8.15. The van der Waals surface area contributed by atoms with Gasteiger partial charge in [-0.05, 0) is 25.2 Å². The normalized spacial score (nSPS) is 10.8. The Morgan fingerprint density at radius 2 is 2.04 bits per heavy atom. The van der Waals surface area contributed by atoms with Gasteiger partial charge in [-0.25, -0.2) is 0 Å². The first kappa shape index (κ1) is 17.9. The van der Waals surface area contributed by atoms with Crippen molar-refractivity contribution in [3.63, 3.8) is 0 Å². The number of para-hydroxylation sites is 1. The first-order valence-electron chi connectivity index (χ1n) is 8.15. The second-order valence-electron chi connectivity index (χ2n) is 5.30. The van der Waals surface area contributed by atoms with Crippen molar-refractivity contribution in [3.8, 4) is 5.75 Å². The average Bonchev–Trinajstić information content (AvgIpc) is 3.02. The minimum absolute atomic E-state index is 0.151. The fraction of sp³-hybridized carbons (Fsp3) is 0.471. The molecule has 0 spiro atoms. The van der Waals surface area contributed by atoms with Crippen LogP contribution in [-0.2, 0) is 6.61 Å². The lowest BCUT2D eigenvalue weighted by atomic mass is 10.2. The van der Waals surface area contributed by atoms with E-state index in [-0.39, 0.29) is 12.5 Å². The molecule has 24 heavy (non-hydrogen) atoms. The zero-order chi connectivity index (χ0) is 17.4. The lowest BCUT2D eigenvalue weighted by Crippen LogP contribution is -2.34. The number of nitrogens with one attached hydrogen (secondary N) is 1. The standard InChI is InChI=1S/C17H24N4O3/c1-4-21(5-2)11-10-18-17(22)14-8-6-7-9-15(14)23-12-16-19-13(3)24-20-16/h6-9H,4-5,10-12H2,1-3H3,(H,18,22). The van der Waals surface area contributed by atoms with E-state index in [2.05, 4.69) is 34.2 Å². The van der Waals surface area contributed by atoms with Crippen LogP contribution in [0.5, 0.6) is 5.75 Å². The number of amides is 1. The maximum atomic E-state index is 12.4. The van der Waals surface area contributed by atoms with Gasteiger partial charge in [-0.15, -0.1) is 0 Å². The molecule has 0 saturated carbocycles. The Kier molecular flexibility index (Phi) is 6.74. The first-order chi connectivity index (χ1) is 11.6. The van der Waals surface area contributed by atoms with E-state index in [4.69, 9.17) is 9.26 Å². The molecular weight excluding hydrogens is 308 g/mol. The van der Waals surface area contributed by atoms with Gasteiger partial charge in [-0.2, -0.15) is 4.98 Å². The van der Waals surface area contributed by atoms with Gasteiger partial charge in [0.05, 0.1) is 5.56 Å². The number of carbonyl (C=O) groups excluding carboxylic acids is 1. The lowest BCUT2D eigenvalue weighted by Gasteiger charge is -2.18. The van der Waals surface area contributed by atoms with Crippen LogP contribution in [0.4, 0.5) is 0 Å². The van der Waals surface area contributed by atoms with Crippen molar-refractivity contribution in [2.45, 2.75) is 27.4 Å². The number of likely N-dealkylation sites (N-methyl/N-ethyl adjacent to an activating group) is 1. The fourth-order valence-corrected chi connectivity index (χ4v) is 2.28. The highest BCUT2D eigenvalue weighted by Crippen LogP contribution is 2.18. The van der Waals surface area contributed by atoms with Crippen LogP contribution < -0.4 is 10.1 Å². The molecule has 0 saturated heterocycles. The van der Waals surface area contributed by atoms with Crippen LogP contribution in [0, 0.1) is 6.92 Å². The van der Waals surface area contributed by atoms with Crippen LogP contribution in [0.3, 0.4) is 0 Å². The number of nitrogens with zero attached hydrogens (tertiary/aromatic N) is 3. The Labute approximate surface area is 142 Å². The molecule has 1 aromatic heterocycles. The number of rotatable bonds is 9. The van der Waals surface area contributed by atoms with Gasteiger partial charge < -0.3 is 19.5 Å². The largest absolute Gasteiger partial charge is 0.485 e. The zero-order valence-electron chi connectivity index (χ0n) is 14.4. The number of aromatic nitrogens is 2. The molecule has 0 radical (unpaired) electrons. The molecule has 0 bridgehead atoms. The molecule has 0 atom stereocenters. The van der Waals surface area contributed by atoms with Crippen molar-refractivity contribution >= 4 is 5.91 Å². The highest BCUT2D eigenvalue weighted by atomic mass is 16.5. The average molecular weight is 332 g/mol. The molecule has 0 aliphatic heterocycles. The van der Waals surface area contributed by atoms with Crippen molar-refractivity contribution in [2.75, 3.05) is 26.2 Å². The number of ether oxygens (including phenoxy) is 1. The summed E-state index contributed by atoms with van der Waals surface area (Å²) in [5, 5.41) is 6.71. The molecule has 1 N–H and O–H groups in total. The van der Waals surface area contributed by atoms with E-state index in [1.165, 1.54) is 0 Å². The topological polar surface area (TPSA) is 80.5 Å². The van der Waals surface area contributed by atoms with E-state index < -0.39 is 0 Å². The summed E-state index contributed by atoms with van der Waals surface area (Å²) in [6.07, 6.45) is 0. The third-order valence-corrected chi connectivity index (χ3v) is 3.67. The molecule has 0 unspecified atom stereocenters. The van der Waals surface area contributed by atoms with Gasteiger partial charge in [0.25, 0.3) is 5.91 Å². The van der Waals surface area contributed by atoms with Crippen LogP contribution in [0.1, 0.15) is 35.9 Å². The molecule has 1 heterocycles. The van der Waals surface area contributed by atoms with Crippen LogP contribution in [-0.4, -0.2) is 47.1 Å². The number of carbonyl (C=O) groups is 1. The summed E-state index contributed by atoms with van der Waals surface area (Å²) in [5.74, 6) is 1.28.